The van der Waals surface area contributed by atoms with Crippen molar-refractivity contribution in [3.05, 3.63) is 78.0 Å². The lowest BCUT2D eigenvalue weighted by Gasteiger charge is -2.10. The number of H-pyrrole nitrogens is 1. The summed E-state index contributed by atoms with van der Waals surface area (Å²) in [6.45, 7) is 8.25. The third-order valence-corrected chi connectivity index (χ3v) is 4.26. The Labute approximate surface area is 164 Å². The summed E-state index contributed by atoms with van der Waals surface area (Å²) in [7, 11) is 0. The molecule has 6 heteroatoms. The summed E-state index contributed by atoms with van der Waals surface area (Å²) in [5, 5.41) is 16.3. The van der Waals surface area contributed by atoms with Crippen LogP contribution in [0.25, 0.3) is 17.0 Å². The zero-order valence-corrected chi connectivity index (χ0v) is 16.0. The zero-order valence-electron chi connectivity index (χ0n) is 16.0. The maximum atomic E-state index is 12.3. The first-order valence-electron chi connectivity index (χ1n) is 9.12. The number of phenols is 1. The minimum atomic E-state index is -0.352. The highest BCUT2D eigenvalue weighted by Crippen LogP contribution is 2.20. The van der Waals surface area contributed by atoms with Gasteiger partial charge in [0.05, 0.1) is 11.4 Å². The van der Waals surface area contributed by atoms with Crippen LogP contribution in [0.4, 0.5) is 0 Å². The first-order valence-corrected chi connectivity index (χ1v) is 9.12. The van der Waals surface area contributed by atoms with Crippen LogP contribution in [-0.4, -0.2) is 21.2 Å². The largest absolute Gasteiger partial charge is 0.508 e. The van der Waals surface area contributed by atoms with Gasteiger partial charge in [-0.15, -0.1) is 0 Å². The van der Waals surface area contributed by atoms with Gasteiger partial charge in [-0.05, 0) is 53.8 Å². The van der Waals surface area contributed by atoms with E-state index < -0.39 is 0 Å². The first-order chi connectivity index (χ1) is 13.4. The molecule has 0 aliphatic heterocycles. The highest BCUT2D eigenvalue weighted by Gasteiger charge is 2.11. The number of nitrogens with zero attached hydrogens (tertiary/aromatic N) is 1. The van der Waals surface area contributed by atoms with Gasteiger partial charge in [0.25, 0.3) is 5.91 Å². The average Bonchev–Trinajstić information content (AvgIpc) is 3.17. The van der Waals surface area contributed by atoms with Crippen molar-refractivity contribution in [1.29, 1.82) is 0 Å². The fourth-order valence-corrected chi connectivity index (χ4v) is 2.80. The van der Waals surface area contributed by atoms with Gasteiger partial charge in [-0.1, -0.05) is 44.7 Å². The number of carbonyl (C=O) groups excluding carboxylic acids is 1. The Bertz CT molecular complexity index is 957. The van der Waals surface area contributed by atoms with Gasteiger partial charge < -0.3 is 5.11 Å². The van der Waals surface area contributed by atoms with Crippen molar-refractivity contribution in [2.24, 2.45) is 5.92 Å². The number of aromatic hydroxyl groups is 1. The van der Waals surface area contributed by atoms with Gasteiger partial charge in [0.1, 0.15) is 11.4 Å². The Hall–Kier alpha value is -3.54. The maximum Gasteiger partial charge on any atom is 0.287 e. The first kappa shape index (κ1) is 19.2. The van der Waals surface area contributed by atoms with E-state index in [1.165, 1.54) is 5.56 Å². The predicted octanol–water partition coefficient (Wildman–Crippen LogP) is 3.89. The van der Waals surface area contributed by atoms with E-state index in [0.717, 1.165) is 17.5 Å². The van der Waals surface area contributed by atoms with Gasteiger partial charge in [0.2, 0.25) is 0 Å². The second-order valence-corrected chi connectivity index (χ2v) is 7.07. The SMILES string of the molecule is C=C(NNC(=O)c1cc(-c2ccc(CC(C)C)cc2)n[nH]1)c1ccc(O)cc1. The van der Waals surface area contributed by atoms with Crippen molar-refractivity contribution in [2.75, 3.05) is 0 Å². The highest BCUT2D eigenvalue weighted by atomic mass is 16.3. The van der Waals surface area contributed by atoms with Gasteiger partial charge >= 0.3 is 0 Å². The molecule has 0 fully saturated rings. The quantitative estimate of drug-likeness (QED) is 0.471. The van der Waals surface area contributed by atoms with E-state index in [9.17, 15) is 9.90 Å². The lowest BCUT2D eigenvalue weighted by Crippen LogP contribution is -2.36. The Kier molecular flexibility index (Phi) is 5.79. The van der Waals surface area contributed by atoms with E-state index in [-0.39, 0.29) is 11.7 Å². The number of nitrogens with one attached hydrogen (secondary N) is 3. The molecule has 28 heavy (non-hydrogen) atoms. The van der Waals surface area contributed by atoms with Crippen LogP contribution in [0.2, 0.25) is 0 Å². The van der Waals surface area contributed by atoms with Gasteiger partial charge in [0.15, 0.2) is 0 Å². The van der Waals surface area contributed by atoms with Gasteiger partial charge in [-0.25, -0.2) is 0 Å². The molecule has 0 saturated heterocycles. The number of aromatic nitrogens is 2. The molecule has 3 rings (SSSR count). The van der Waals surface area contributed by atoms with Crippen LogP contribution < -0.4 is 10.9 Å². The molecule has 2 aromatic carbocycles. The molecule has 4 N–H and O–H groups in total. The monoisotopic (exact) mass is 376 g/mol. The standard InChI is InChI=1S/C22H24N4O2/c1-14(2)12-16-4-6-18(7-5-16)20-13-21(25-24-20)22(28)26-23-15(3)17-8-10-19(27)11-9-17/h4-11,13-14,23,27H,3,12H2,1-2H3,(H,24,25)(H,26,28). The minimum absolute atomic E-state index is 0.169. The lowest BCUT2D eigenvalue weighted by molar-refractivity contribution is 0.0937. The number of hydrogen-bond donors (Lipinski definition) is 4. The molecule has 0 saturated carbocycles. The topological polar surface area (TPSA) is 90.0 Å². The van der Waals surface area contributed by atoms with E-state index in [4.69, 9.17) is 0 Å². The van der Waals surface area contributed by atoms with Crippen molar-refractivity contribution in [3.63, 3.8) is 0 Å². The van der Waals surface area contributed by atoms with E-state index in [0.29, 0.717) is 23.0 Å². The van der Waals surface area contributed by atoms with Gasteiger partial charge in [-0.3, -0.25) is 20.7 Å². The van der Waals surface area contributed by atoms with Crippen molar-refractivity contribution < 1.29 is 9.90 Å². The second-order valence-electron chi connectivity index (χ2n) is 7.07. The van der Waals surface area contributed by atoms with E-state index in [1.54, 1.807) is 30.3 Å². The summed E-state index contributed by atoms with van der Waals surface area (Å²) >= 11 is 0. The smallest absolute Gasteiger partial charge is 0.287 e. The average molecular weight is 376 g/mol. The fraction of sp³-hybridized carbons (Fsp3) is 0.182. The molecular weight excluding hydrogens is 352 g/mol. The molecule has 1 aromatic heterocycles. The number of aromatic amines is 1. The fourth-order valence-electron chi connectivity index (χ4n) is 2.80. The molecule has 3 aromatic rings. The van der Waals surface area contributed by atoms with Crippen LogP contribution in [-0.2, 0) is 6.42 Å². The normalized spacial score (nSPS) is 10.7. The predicted molar refractivity (Wildman–Crippen MR) is 110 cm³/mol. The highest BCUT2D eigenvalue weighted by molar-refractivity contribution is 5.93. The molecule has 6 nitrogen and oxygen atoms in total. The summed E-state index contributed by atoms with van der Waals surface area (Å²) in [4.78, 5) is 12.3. The molecule has 144 valence electrons. The molecule has 0 aliphatic rings. The van der Waals surface area contributed by atoms with E-state index >= 15 is 0 Å². The zero-order chi connectivity index (χ0) is 20.1. The Balaban J connectivity index is 1.60. The molecular formula is C22H24N4O2. The van der Waals surface area contributed by atoms with Crippen LogP contribution in [0.1, 0.15) is 35.5 Å². The third kappa shape index (κ3) is 4.79. The molecule has 1 amide bonds. The van der Waals surface area contributed by atoms with E-state index in [1.807, 2.05) is 12.1 Å². The molecule has 0 atom stereocenters. The molecule has 0 aliphatic carbocycles. The molecule has 0 bridgehead atoms. The van der Waals surface area contributed by atoms with Crippen molar-refractivity contribution in [2.45, 2.75) is 20.3 Å². The summed E-state index contributed by atoms with van der Waals surface area (Å²) < 4.78 is 0. The lowest BCUT2D eigenvalue weighted by atomic mass is 10.0. The van der Waals surface area contributed by atoms with Crippen LogP contribution in [0.3, 0.4) is 0 Å². The van der Waals surface area contributed by atoms with Crippen molar-refractivity contribution >= 4 is 11.6 Å². The Morgan fingerprint density at radius 1 is 1.11 bits per heavy atom. The number of benzene rings is 2. The number of hydrogen-bond acceptors (Lipinski definition) is 4. The number of carbonyl (C=O) groups is 1. The van der Waals surface area contributed by atoms with E-state index in [2.05, 4.69) is 53.6 Å². The van der Waals surface area contributed by atoms with Crippen LogP contribution in [0.5, 0.6) is 5.75 Å². The number of rotatable bonds is 7. The van der Waals surface area contributed by atoms with Crippen LogP contribution in [0.15, 0.2) is 61.2 Å². The van der Waals surface area contributed by atoms with Crippen molar-refractivity contribution in [1.82, 2.24) is 21.0 Å². The Morgan fingerprint density at radius 3 is 2.43 bits per heavy atom. The van der Waals surface area contributed by atoms with Crippen molar-refractivity contribution in [3.8, 4) is 17.0 Å². The Morgan fingerprint density at radius 2 is 1.79 bits per heavy atom. The summed E-state index contributed by atoms with van der Waals surface area (Å²) in [5.74, 6) is 0.424. The molecule has 1 heterocycles. The number of phenolic OH excluding ortho intramolecular Hbond substituents is 1. The minimum Gasteiger partial charge on any atom is -0.508 e. The summed E-state index contributed by atoms with van der Waals surface area (Å²) in [5.41, 5.74) is 9.89. The number of hydrazine groups is 1. The summed E-state index contributed by atoms with van der Waals surface area (Å²) in [6, 6.07) is 16.4. The van der Waals surface area contributed by atoms with Gasteiger partial charge in [0, 0.05) is 5.56 Å². The van der Waals surface area contributed by atoms with Gasteiger partial charge in [-0.2, -0.15) is 5.10 Å². The third-order valence-electron chi connectivity index (χ3n) is 4.26. The molecule has 0 radical (unpaired) electrons. The maximum absolute atomic E-state index is 12.3. The van der Waals surface area contributed by atoms with Crippen LogP contribution >= 0.6 is 0 Å². The summed E-state index contributed by atoms with van der Waals surface area (Å²) in [6.07, 6.45) is 1.03. The molecule has 0 unspecified atom stereocenters. The van der Waals surface area contributed by atoms with Crippen LogP contribution in [0, 0.1) is 5.92 Å². The molecule has 0 spiro atoms. The second kappa shape index (κ2) is 8.43. The number of amides is 1.